The van der Waals surface area contributed by atoms with E-state index >= 15 is 0 Å². The number of carbonyl (C=O) groups is 1. The molecule has 0 bridgehead atoms. The van der Waals surface area contributed by atoms with E-state index in [9.17, 15) is 4.79 Å². The van der Waals surface area contributed by atoms with Crippen LogP contribution in [-0.2, 0) is 13.0 Å². The predicted molar refractivity (Wildman–Crippen MR) is 71.5 cm³/mol. The van der Waals surface area contributed by atoms with Crippen molar-refractivity contribution in [3.8, 4) is 0 Å². The van der Waals surface area contributed by atoms with Crippen LogP contribution in [0.3, 0.4) is 0 Å². The molecule has 1 aliphatic rings. The van der Waals surface area contributed by atoms with E-state index in [-0.39, 0.29) is 5.91 Å². The first-order valence-electron chi connectivity index (χ1n) is 5.83. The van der Waals surface area contributed by atoms with Gasteiger partial charge in [-0.3, -0.25) is 14.3 Å². The summed E-state index contributed by atoms with van der Waals surface area (Å²) in [5.74, 6) is -0.0781. The summed E-state index contributed by atoms with van der Waals surface area (Å²) in [4.78, 5) is 16.6. The topological polar surface area (TPSA) is 46.9 Å². The first-order valence-corrected chi connectivity index (χ1v) is 6.62. The van der Waals surface area contributed by atoms with E-state index in [1.165, 1.54) is 5.56 Å². The highest BCUT2D eigenvalue weighted by molar-refractivity contribution is 9.10. The van der Waals surface area contributed by atoms with Gasteiger partial charge in [0.15, 0.2) is 0 Å². The number of aromatic nitrogens is 2. The largest absolute Gasteiger partial charge is 0.312 e. The molecule has 3 rings (SSSR count). The Morgan fingerprint density at radius 1 is 1.44 bits per heavy atom. The van der Waals surface area contributed by atoms with Gasteiger partial charge in [-0.25, -0.2) is 0 Å². The van der Waals surface area contributed by atoms with E-state index in [2.05, 4.69) is 26.2 Å². The van der Waals surface area contributed by atoms with E-state index in [1.54, 1.807) is 22.9 Å². The van der Waals surface area contributed by atoms with Gasteiger partial charge in [-0.2, -0.15) is 0 Å². The van der Waals surface area contributed by atoms with Crippen LogP contribution in [0.15, 0.2) is 35.1 Å². The molecule has 0 amide bonds. The Morgan fingerprint density at radius 2 is 2.33 bits per heavy atom. The molecule has 1 N–H and O–H groups in total. The van der Waals surface area contributed by atoms with Crippen molar-refractivity contribution in [1.29, 1.82) is 0 Å². The van der Waals surface area contributed by atoms with Crippen LogP contribution in [-0.4, -0.2) is 22.0 Å². The molecule has 92 valence electrons. The minimum atomic E-state index is -0.0781. The highest BCUT2D eigenvalue weighted by atomic mass is 79.9. The number of carbonyl (C=O) groups excluding carboxylic acids is 1. The van der Waals surface area contributed by atoms with Crippen LogP contribution in [0.2, 0.25) is 0 Å². The molecule has 0 spiro atoms. The highest BCUT2D eigenvalue weighted by Crippen LogP contribution is 2.24. The van der Waals surface area contributed by atoms with Crippen molar-refractivity contribution in [2.45, 2.75) is 13.0 Å². The smallest absolute Gasteiger partial charge is 0.281 e. The van der Waals surface area contributed by atoms with Gasteiger partial charge in [0, 0.05) is 31.4 Å². The number of nitrogens with zero attached hydrogens (tertiary/aromatic N) is 2. The molecule has 3 heterocycles. The zero-order valence-corrected chi connectivity index (χ0v) is 11.3. The summed E-state index contributed by atoms with van der Waals surface area (Å²) in [5.41, 5.74) is 2.73. The van der Waals surface area contributed by atoms with Gasteiger partial charge in [0.1, 0.15) is 5.69 Å². The predicted octanol–water partition coefficient (Wildman–Crippen LogP) is 1.98. The van der Waals surface area contributed by atoms with Gasteiger partial charge in [0.2, 0.25) is 0 Å². The molecule has 2 aromatic heterocycles. The second-order valence-corrected chi connectivity index (χ2v) is 5.03. The number of hydrogen-bond donors (Lipinski definition) is 1. The Kier molecular flexibility index (Phi) is 3.01. The van der Waals surface area contributed by atoms with E-state index in [0.29, 0.717) is 5.69 Å². The fraction of sp³-hybridized carbons (Fsp3) is 0.231. The lowest BCUT2D eigenvalue weighted by molar-refractivity contribution is 0.0949. The summed E-state index contributed by atoms with van der Waals surface area (Å²) in [6.07, 6.45) is 2.50. The van der Waals surface area contributed by atoms with Crippen molar-refractivity contribution in [2.24, 2.45) is 0 Å². The van der Waals surface area contributed by atoms with Crippen LogP contribution >= 0.6 is 15.9 Å². The van der Waals surface area contributed by atoms with Gasteiger partial charge in [-0.15, -0.1) is 0 Å². The maximum atomic E-state index is 12.5. The number of nitrogens with one attached hydrogen (secondary N) is 1. The average molecular weight is 306 g/mol. The Morgan fingerprint density at radius 3 is 3.11 bits per heavy atom. The van der Waals surface area contributed by atoms with Crippen LogP contribution in [0.5, 0.6) is 0 Å². The fourth-order valence-electron chi connectivity index (χ4n) is 2.24. The molecule has 0 fully saturated rings. The number of rotatable bonds is 1. The van der Waals surface area contributed by atoms with Crippen molar-refractivity contribution in [1.82, 2.24) is 14.9 Å². The standard InChI is InChI=1S/C13H12BrN3O/c14-12-7-9-8-15-6-4-11(9)17(12)13(18)10-3-1-2-5-16-10/h1-3,5,7,15H,4,6,8H2. The van der Waals surface area contributed by atoms with Crippen molar-refractivity contribution in [3.05, 3.63) is 52.0 Å². The maximum Gasteiger partial charge on any atom is 0.281 e. The normalized spacial score (nSPS) is 14.3. The minimum Gasteiger partial charge on any atom is -0.312 e. The summed E-state index contributed by atoms with van der Waals surface area (Å²) < 4.78 is 2.52. The maximum absolute atomic E-state index is 12.5. The molecule has 18 heavy (non-hydrogen) atoms. The van der Waals surface area contributed by atoms with Crippen molar-refractivity contribution in [2.75, 3.05) is 6.54 Å². The highest BCUT2D eigenvalue weighted by Gasteiger charge is 2.22. The van der Waals surface area contributed by atoms with E-state index in [1.807, 2.05) is 12.1 Å². The molecular formula is C13H12BrN3O. The van der Waals surface area contributed by atoms with Crippen molar-refractivity contribution in [3.63, 3.8) is 0 Å². The Hall–Kier alpha value is -1.46. The van der Waals surface area contributed by atoms with Gasteiger partial charge in [0.05, 0.1) is 4.60 Å². The van der Waals surface area contributed by atoms with Crippen LogP contribution in [0.25, 0.3) is 0 Å². The molecule has 4 nitrogen and oxygen atoms in total. The molecule has 1 aliphatic heterocycles. The van der Waals surface area contributed by atoms with Gasteiger partial charge in [-0.05, 0) is 39.7 Å². The van der Waals surface area contributed by atoms with Crippen LogP contribution in [0, 0.1) is 0 Å². The number of pyridine rings is 1. The summed E-state index contributed by atoms with van der Waals surface area (Å²) in [6.45, 7) is 1.72. The summed E-state index contributed by atoms with van der Waals surface area (Å²) in [7, 11) is 0. The monoisotopic (exact) mass is 305 g/mol. The first kappa shape index (κ1) is 11.6. The van der Waals surface area contributed by atoms with Gasteiger partial charge >= 0.3 is 0 Å². The Labute approximate surface area is 113 Å². The summed E-state index contributed by atoms with van der Waals surface area (Å²) >= 11 is 3.46. The molecule has 0 saturated carbocycles. The quantitative estimate of drug-likeness (QED) is 0.876. The Bertz CT molecular complexity index is 592. The zero-order valence-electron chi connectivity index (χ0n) is 9.69. The van der Waals surface area contributed by atoms with E-state index in [4.69, 9.17) is 0 Å². The first-order chi connectivity index (χ1) is 8.77. The fourth-order valence-corrected chi connectivity index (χ4v) is 2.89. The second kappa shape index (κ2) is 4.66. The lowest BCUT2D eigenvalue weighted by Gasteiger charge is -2.15. The summed E-state index contributed by atoms with van der Waals surface area (Å²) in [6, 6.07) is 7.37. The molecule has 0 unspecified atom stereocenters. The molecule has 0 radical (unpaired) electrons. The Balaban J connectivity index is 2.07. The lowest BCUT2D eigenvalue weighted by atomic mass is 10.1. The van der Waals surface area contributed by atoms with E-state index < -0.39 is 0 Å². The van der Waals surface area contributed by atoms with Crippen molar-refractivity contribution >= 4 is 21.8 Å². The molecule has 0 saturated heterocycles. The third-order valence-electron chi connectivity index (χ3n) is 3.09. The van der Waals surface area contributed by atoms with E-state index in [0.717, 1.165) is 29.8 Å². The number of hydrogen-bond acceptors (Lipinski definition) is 3. The molecule has 0 atom stereocenters. The third kappa shape index (κ3) is 1.89. The zero-order chi connectivity index (χ0) is 12.5. The number of fused-ring (bicyclic) bond motifs is 1. The number of halogens is 1. The average Bonchev–Trinajstić information content (AvgIpc) is 2.75. The summed E-state index contributed by atoms with van der Waals surface area (Å²) in [5, 5.41) is 3.30. The molecule has 0 aliphatic carbocycles. The van der Waals surface area contributed by atoms with Crippen LogP contribution in [0.4, 0.5) is 0 Å². The van der Waals surface area contributed by atoms with Crippen LogP contribution in [0.1, 0.15) is 21.7 Å². The minimum absolute atomic E-state index is 0.0781. The van der Waals surface area contributed by atoms with Crippen LogP contribution < -0.4 is 5.32 Å². The SMILES string of the molecule is O=C(c1ccccn1)n1c(Br)cc2c1CCNC2. The van der Waals surface area contributed by atoms with Gasteiger partial charge < -0.3 is 5.32 Å². The van der Waals surface area contributed by atoms with Gasteiger partial charge in [0.25, 0.3) is 5.91 Å². The van der Waals surface area contributed by atoms with Gasteiger partial charge in [-0.1, -0.05) is 6.07 Å². The lowest BCUT2D eigenvalue weighted by Crippen LogP contribution is -2.26. The second-order valence-electron chi connectivity index (χ2n) is 4.22. The molecule has 2 aromatic rings. The molecule has 0 aromatic carbocycles. The molecule has 5 heteroatoms. The molecular weight excluding hydrogens is 294 g/mol. The van der Waals surface area contributed by atoms with Crippen molar-refractivity contribution < 1.29 is 4.79 Å². The third-order valence-corrected chi connectivity index (χ3v) is 3.67.